The molecule has 0 aliphatic carbocycles. The van der Waals surface area contributed by atoms with Gasteiger partial charge in [0.2, 0.25) is 0 Å². The first-order valence-corrected chi connectivity index (χ1v) is 11.5. The smallest absolute Gasteiger partial charge is 0.172 e. The summed E-state index contributed by atoms with van der Waals surface area (Å²) in [6, 6.07) is 25.7. The Labute approximate surface area is 171 Å². The Hall–Kier alpha value is -2.31. The third kappa shape index (κ3) is 2.02. The van der Waals surface area contributed by atoms with E-state index in [1.165, 1.54) is 0 Å². The van der Waals surface area contributed by atoms with E-state index in [2.05, 4.69) is 24.3 Å². The molecule has 0 atom stereocenters. The van der Waals surface area contributed by atoms with Crippen molar-refractivity contribution in [3.63, 3.8) is 0 Å². The number of rotatable bonds is 1. The minimum atomic E-state index is -3.13. The van der Waals surface area contributed by atoms with Gasteiger partial charge in [-0.3, -0.25) is 0 Å². The topological polar surface area (TPSA) is 17.1 Å². The molecule has 0 N–H and O–H groups in total. The zero-order valence-electron chi connectivity index (χ0n) is 14.6. The molecule has 0 spiro atoms. The van der Waals surface area contributed by atoms with Crippen molar-refractivity contribution in [2.24, 2.45) is 0 Å². The first kappa shape index (κ1) is 16.6. The third-order valence-corrected chi connectivity index (χ3v) is 9.22. The molecule has 5 aromatic rings. The number of benzene rings is 5. The molecule has 0 saturated heterocycles. The molecule has 0 aromatic heterocycles. The van der Waals surface area contributed by atoms with E-state index in [-0.39, 0.29) is 0 Å². The zero-order valence-corrected chi connectivity index (χ0v) is 17.0. The monoisotopic (exact) mass is 418 g/mol. The molecule has 1 aliphatic heterocycles. The molecular formula is C24H13Cl2OP. The van der Waals surface area contributed by atoms with Crippen molar-refractivity contribution in [1.29, 1.82) is 0 Å². The van der Waals surface area contributed by atoms with Crippen molar-refractivity contribution in [2.45, 2.75) is 0 Å². The highest BCUT2D eigenvalue weighted by Crippen LogP contribution is 2.52. The standard InChI is InChI=1S/C24H13Cl2OP/c25-17-10-15-8-6-14-7-9-16-11-18(26)13-21-23(16)24(14)22(15)20(12-17)28(21,27)19-4-2-1-3-5-19/h1-13H. The van der Waals surface area contributed by atoms with Gasteiger partial charge in [-0.25, -0.2) is 0 Å². The molecule has 0 radical (unpaired) electrons. The minimum absolute atomic E-state index is 0.593. The maximum absolute atomic E-state index is 14.9. The van der Waals surface area contributed by atoms with Gasteiger partial charge in [-0.05, 0) is 45.8 Å². The maximum atomic E-state index is 14.9. The van der Waals surface area contributed by atoms with Gasteiger partial charge >= 0.3 is 0 Å². The highest BCUT2D eigenvalue weighted by atomic mass is 35.5. The molecule has 134 valence electrons. The van der Waals surface area contributed by atoms with Crippen molar-refractivity contribution in [1.82, 2.24) is 0 Å². The Morgan fingerprint density at radius 2 is 1.07 bits per heavy atom. The molecule has 0 fully saturated rings. The predicted octanol–water partition coefficient (Wildman–Crippen LogP) is 6.41. The van der Waals surface area contributed by atoms with E-state index in [1.807, 2.05) is 54.6 Å². The van der Waals surface area contributed by atoms with Crippen molar-refractivity contribution in [3.8, 4) is 0 Å². The van der Waals surface area contributed by atoms with E-state index < -0.39 is 7.14 Å². The van der Waals surface area contributed by atoms with Crippen molar-refractivity contribution >= 4 is 78.6 Å². The van der Waals surface area contributed by atoms with Crippen LogP contribution in [0.3, 0.4) is 0 Å². The van der Waals surface area contributed by atoms with Crippen molar-refractivity contribution in [2.75, 3.05) is 0 Å². The Bertz CT molecular complexity index is 1420. The molecule has 0 saturated carbocycles. The van der Waals surface area contributed by atoms with Gasteiger partial charge in [0.05, 0.1) is 0 Å². The van der Waals surface area contributed by atoms with Gasteiger partial charge in [0, 0.05) is 36.7 Å². The Morgan fingerprint density at radius 3 is 1.61 bits per heavy atom. The Balaban J connectivity index is 1.99. The van der Waals surface area contributed by atoms with Crippen LogP contribution in [0.15, 0.2) is 78.9 Å². The summed E-state index contributed by atoms with van der Waals surface area (Å²) in [6.45, 7) is 0. The quantitative estimate of drug-likeness (QED) is 0.223. The fourth-order valence-electron chi connectivity index (χ4n) is 4.57. The molecule has 6 rings (SSSR count). The lowest BCUT2D eigenvalue weighted by Gasteiger charge is -2.29. The molecule has 0 bridgehead atoms. The predicted molar refractivity (Wildman–Crippen MR) is 122 cm³/mol. The van der Waals surface area contributed by atoms with E-state index in [9.17, 15) is 4.57 Å². The van der Waals surface area contributed by atoms with Crippen LogP contribution >= 0.6 is 30.3 Å². The van der Waals surface area contributed by atoms with Crippen LogP contribution in [0.5, 0.6) is 0 Å². The fourth-order valence-corrected chi connectivity index (χ4v) is 8.34. The highest BCUT2D eigenvalue weighted by Gasteiger charge is 2.37. The first-order chi connectivity index (χ1) is 13.6. The third-order valence-electron chi connectivity index (χ3n) is 5.70. The van der Waals surface area contributed by atoms with Gasteiger partial charge in [0.1, 0.15) is 0 Å². The molecule has 0 unspecified atom stereocenters. The summed E-state index contributed by atoms with van der Waals surface area (Å²) in [6.07, 6.45) is 0. The van der Waals surface area contributed by atoms with Crippen LogP contribution in [0.25, 0.3) is 32.3 Å². The van der Waals surface area contributed by atoms with Gasteiger partial charge in [0.15, 0.2) is 7.14 Å². The van der Waals surface area contributed by atoms with E-state index in [4.69, 9.17) is 23.2 Å². The van der Waals surface area contributed by atoms with E-state index in [0.29, 0.717) is 10.0 Å². The molecule has 28 heavy (non-hydrogen) atoms. The molecule has 1 heterocycles. The highest BCUT2D eigenvalue weighted by molar-refractivity contribution is 7.86. The lowest BCUT2D eigenvalue weighted by molar-refractivity contribution is 0.592. The SMILES string of the molecule is O=P1(c2ccccc2)c2cc(Cl)cc3ccc4ccc5cc(Cl)cc1c5c4c23. The average molecular weight is 419 g/mol. The average Bonchev–Trinajstić information content (AvgIpc) is 2.71. The fraction of sp³-hybridized carbons (Fsp3) is 0. The van der Waals surface area contributed by atoms with Crippen molar-refractivity contribution < 1.29 is 4.57 Å². The molecule has 5 aromatic carbocycles. The maximum Gasteiger partial charge on any atom is 0.172 e. The summed E-state index contributed by atoms with van der Waals surface area (Å²) in [4.78, 5) is 0. The van der Waals surface area contributed by atoms with Crippen LogP contribution in [-0.2, 0) is 4.57 Å². The molecule has 1 nitrogen and oxygen atoms in total. The largest absolute Gasteiger partial charge is 0.309 e. The summed E-state index contributed by atoms with van der Waals surface area (Å²) >= 11 is 13.0. The minimum Gasteiger partial charge on any atom is -0.309 e. The van der Waals surface area contributed by atoms with E-state index in [1.54, 1.807) is 0 Å². The number of halogens is 2. The van der Waals surface area contributed by atoms with Crippen LogP contribution in [0.1, 0.15) is 0 Å². The normalized spacial score (nSPS) is 14.5. The van der Waals surface area contributed by atoms with E-state index >= 15 is 0 Å². The Morgan fingerprint density at radius 1 is 0.571 bits per heavy atom. The summed E-state index contributed by atoms with van der Waals surface area (Å²) < 4.78 is 14.9. The van der Waals surface area contributed by atoms with Crippen LogP contribution in [0.2, 0.25) is 10.0 Å². The number of hydrogen-bond acceptors (Lipinski definition) is 1. The molecule has 0 amide bonds. The first-order valence-electron chi connectivity index (χ1n) is 9.02. The van der Waals surface area contributed by atoms with Crippen LogP contribution in [0.4, 0.5) is 0 Å². The van der Waals surface area contributed by atoms with Crippen molar-refractivity contribution in [3.05, 3.63) is 88.9 Å². The van der Waals surface area contributed by atoms with Gasteiger partial charge in [-0.15, -0.1) is 0 Å². The summed E-state index contributed by atoms with van der Waals surface area (Å²) in [5.74, 6) is 0. The van der Waals surface area contributed by atoms with Gasteiger partial charge in [0.25, 0.3) is 0 Å². The van der Waals surface area contributed by atoms with Gasteiger partial charge < -0.3 is 4.57 Å². The van der Waals surface area contributed by atoms with Crippen LogP contribution in [0, 0.1) is 0 Å². The lowest BCUT2D eigenvalue weighted by Crippen LogP contribution is -2.29. The lowest BCUT2D eigenvalue weighted by atomic mass is 9.96. The van der Waals surface area contributed by atoms with Crippen LogP contribution < -0.4 is 15.9 Å². The molecule has 1 aliphatic rings. The summed E-state index contributed by atoms with van der Waals surface area (Å²) in [5.41, 5.74) is 0. The Kier molecular flexibility index (Phi) is 3.33. The van der Waals surface area contributed by atoms with Gasteiger partial charge in [-0.2, -0.15) is 0 Å². The second kappa shape index (κ2) is 5.61. The van der Waals surface area contributed by atoms with E-state index in [0.717, 1.165) is 48.2 Å². The van der Waals surface area contributed by atoms with Gasteiger partial charge in [-0.1, -0.05) is 77.8 Å². The molecular weight excluding hydrogens is 406 g/mol. The molecule has 4 heteroatoms. The zero-order chi connectivity index (χ0) is 19.0. The summed E-state index contributed by atoms with van der Waals surface area (Å²) in [7, 11) is -3.13. The second-order valence-corrected chi connectivity index (χ2v) is 10.8. The second-order valence-electron chi connectivity index (χ2n) is 7.22. The summed E-state index contributed by atoms with van der Waals surface area (Å²) in [5, 5.41) is 9.95. The number of hydrogen-bond donors (Lipinski definition) is 0. The van der Waals surface area contributed by atoms with Crippen LogP contribution in [-0.4, -0.2) is 0 Å².